The lowest BCUT2D eigenvalue weighted by Gasteiger charge is -2.18. The van der Waals surface area contributed by atoms with Crippen LogP contribution in [0.4, 0.5) is 0 Å². The van der Waals surface area contributed by atoms with Crippen LogP contribution in [0.3, 0.4) is 0 Å². The summed E-state index contributed by atoms with van der Waals surface area (Å²) in [5.74, 6) is 2.30. The first-order chi connectivity index (χ1) is 10.9. The highest BCUT2D eigenvalue weighted by atomic mass is 16.6. The number of hydrogen-bond donors (Lipinski definition) is 1. The van der Waals surface area contributed by atoms with Crippen molar-refractivity contribution in [3.8, 4) is 23.0 Å². The predicted molar refractivity (Wildman–Crippen MR) is 83.0 cm³/mol. The van der Waals surface area contributed by atoms with Crippen LogP contribution in [0.25, 0.3) is 22.6 Å². The summed E-state index contributed by atoms with van der Waals surface area (Å²) in [5, 5.41) is 0. The van der Waals surface area contributed by atoms with Crippen molar-refractivity contribution in [2.45, 2.75) is 6.54 Å². The largest absolute Gasteiger partial charge is 0.486 e. The summed E-state index contributed by atoms with van der Waals surface area (Å²) in [6.45, 7) is 2.33. The van der Waals surface area contributed by atoms with Gasteiger partial charge in [-0.3, -0.25) is 4.98 Å². The summed E-state index contributed by atoms with van der Waals surface area (Å²) in [5.41, 5.74) is 8.44. The summed E-state index contributed by atoms with van der Waals surface area (Å²) in [4.78, 5) is 9.12. The Labute approximate surface area is 127 Å². The van der Waals surface area contributed by atoms with Gasteiger partial charge >= 0.3 is 0 Å². The number of ether oxygens (including phenoxy) is 2. The van der Waals surface area contributed by atoms with Gasteiger partial charge < -0.3 is 19.8 Å². The zero-order chi connectivity index (χ0) is 14.9. The monoisotopic (exact) mass is 296 g/mol. The van der Waals surface area contributed by atoms with Gasteiger partial charge in [-0.2, -0.15) is 0 Å². The maximum absolute atomic E-state index is 5.77. The molecule has 3 aromatic rings. The molecule has 112 valence electrons. The predicted octanol–water partition coefficient (Wildman–Crippen LogP) is 1.83. The first kappa shape index (κ1) is 13.1. The average Bonchev–Trinajstić information content (AvgIpc) is 2.92. The van der Waals surface area contributed by atoms with Crippen LogP contribution in [-0.4, -0.2) is 34.3 Å². The Hall–Kier alpha value is -2.60. The smallest absolute Gasteiger partial charge is 0.163 e. The lowest BCUT2D eigenvalue weighted by Crippen LogP contribution is -2.15. The number of nitrogens with zero attached hydrogens (tertiary/aromatic N) is 3. The van der Waals surface area contributed by atoms with E-state index in [-0.39, 0.29) is 0 Å². The fourth-order valence-corrected chi connectivity index (χ4v) is 2.71. The van der Waals surface area contributed by atoms with E-state index in [1.165, 1.54) is 0 Å². The second-order valence-corrected chi connectivity index (χ2v) is 5.08. The van der Waals surface area contributed by atoms with E-state index in [9.17, 15) is 0 Å². The van der Waals surface area contributed by atoms with Crippen LogP contribution in [0.1, 0.15) is 0 Å². The third kappa shape index (κ3) is 2.08. The van der Waals surface area contributed by atoms with Crippen molar-refractivity contribution in [2.24, 2.45) is 5.73 Å². The quantitative estimate of drug-likeness (QED) is 0.798. The molecule has 0 aliphatic carbocycles. The molecule has 0 fully saturated rings. The molecular weight excluding hydrogens is 280 g/mol. The highest BCUT2D eigenvalue weighted by Crippen LogP contribution is 2.36. The van der Waals surface area contributed by atoms with E-state index in [1.807, 2.05) is 30.3 Å². The van der Waals surface area contributed by atoms with E-state index in [2.05, 4.69) is 9.55 Å². The van der Waals surface area contributed by atoms with Gasteiger partial charge in [-0.05, 0) is 12.1 Å². The molecule has 1 aliphatic heterocycles. The molecule has 6 nitrogen and oxygen atoms in total. The molecule has 0 atom stereocenters. The normalized spacial score (nSPS) is 13.5. The Bertz CT molecular complexity index is 814. The lowest BCUT2D eigenvalue weighted by molar-refractivity contribution is 0.172. The van der Waals surface area contributed by atoms with Gasteiger partial charge in [0.15, 0.2) is 17.3 Å². The number of nitrogens with two attached hydrogens (primary N) is 1. The van der Waals surface area contributed by atoms with Gasteiger partial charge in [-0.15, -0.1) is 0 Å². The minimum absolute atomic E-state index is 0.528. The average molecular weight is 296 g/mol. The fourth-order valence-electron chi connectivity index (χ4n) is 2.71. The Kier molecular flexibility index (Phi) is 3.16. The van der Waals surface area contributed by atoms with Crippen LogP contribution in [-0.2, 0) is 6.54 Å². The molecule has 1 aromatic carbocycles. The van der Waals surface area contributed by atoms with Crippen molar-refractivity contribution in [3.63, 3.8) is 0 Å². The molecule has 0 amide bonds. The molecule has 1 aliphatic rings. The van der Waals surface area contributed by atoms with Crippen LogP contribution in [0.15, 0.2) is 36.5 Å². The first-order valence-corrected chi connectivity index (χ1v) is 7.28. The van der Waals surface area contributed by atoms with Gasteiger partial charge in [0.05, 0.1) is 11.0 Å². The molecule has 0 unspecified atom stereocenters. The number of imidazole rings is 1. The molecule has 0 bridgehead atoms. The number of pyridine rings is 1. The Morgan fingerprint density at radius 1 is 1.14 bits per heavy atom. The molecule has 2 aromatic heterocycles. The van der Waals surface area contributed by atoms with E-state index in [0.29, 0.717) is 26.3 Å². The summed E-state index contributed by atoms with van der Waals surface area (Å²) >= 11 is 0. The highest BCUT2D eigenvalue weighted by molar-refractivity contribution is 5.83. The second-order valence-electron chi connectivity index (χ2n) is 5.08. The van der Waals surface area contributed by atoms with Gasteiger partial charge in [-0.1, -0.05) is 6.07 Å². The number of aromatic nitrogens is 3. The van der Waals surface area contributed by atoms with Crippen molar-refractivity contribution in [1.29, 1.82) is 0 Å². The van der Waals surface area contributed by atoms with Crippen LogP contribution in [0.5, 0.6) is 11.5 Å². The van der Waals surface area contributed by atoms with Crippen molar-refractivity contribution in [3.05, 3.63) is 36.5 Å². The van der Waals surface area contributed by atoms with Crippen LogP contribution < -0.4 is 15.2 Å². The Balaban J connectivity index is 1.94. The molecule has 0 radical (unpaired) electrons. The minimum atomic E-state index is 0.528. The van der Waals surface area contributed by atoms with Gasteiger partial charge in [-0.25, -0.2) is 4.98 Å². The maximum atomic E-state index is 5.77. The molecule has 2 N–H and O–H groups in total. The number of benzene rings is 1. The highest BCUT2D eigenvalue weighted by Gasteiger charge is 2.18. The Morgan fingerprint density at radius 3 is 2.68 bits per heavy atom. The van der Waals surface area contributed by atoms with Gasteiger partial charge in [0.1, 0.15) is 18.9 Å². The van der Waals surface area contributed by atoms with E-state index in [0.717, 1.165) is 34.1 Å². The summed E-state index contributed by atoms with van der Waals surface area (Å²) in [7, 11) is 0. The van der Waals surface area contributed by atoms with E-state index in [1.54, 1.807) is 6.20 Å². The molecule has 6 heteroatoms. The maximum Gasteiger partial charge on any atom is 0.163 e. The van der Waals surface area contributed by atoms with Crippen LogP contribution >= 0.6 is 0 Å². The molecule has 0 saturated carbocycles. The van der Waals surface area contributed by atoms with Gasteiger partial charge in [0, 0.05) is 31.4 Å². The fraction of sp³-hybridized carbons (Fsp3) is 0.250. The summed E-state index contributed by atoms with van der Waals surface area (Å²) in [6.07, 6.45) is 1.76. The van der Waals surface area contributed by atoms with Crippen molar-refractivity contribution >= 4 is 11.0 Å². The SMILES string of the molecule is NCCn1c(-c2ccccn2)nc2cc3c(cc21)OCCO3. The third-order valence-electron chi connectivity index (χ3n) is 3.66. The lowest BCUT2D eigenvalue weighted by atomic mass is 10.2. The zero-order valence-corrected chi connectivity index (χ0v) is 12.0. The number of fused-ring (bicyclic) bond motifs is 2. The van der Waals surface area contributed by atoms with E-state index < -0.39 is 0 Å². The number of hydrogen-bond acceptors (Lipinski definition) is 5. The van der Waals surface area contributed by atoms with Gasteiger partial charge in [0.25, 0.3) is 0 Å². The zero-order valence-electron chi connectivity index (χ0n) is 12.0. The van der Waals surface area contributed by atoms with E-state index in [4.69, 9.17) is 20.2 Å². The minimum Gasteiger partial charge on any atom is -0.486 e. The topological polar surface area (TPSA) is 75.2 Å². The van der Waals surface area contributed by atoms with Crippen molar-refractivity contribution in [2.75, 3.05) is 19.8 Å². The third-order valence-corrected chi connectivity index (χ3v) is 3.66. The second kappa shape index (κ2) is 5.31. The van der Waals surface area contributed by atoms with Crippen molar-refractivity contribution in [1.82, 2.24) is 14.5 Å². The first-order valence-electron chi connectivity index (χ1n) is 7.28. The van der Waals surface area contributed by atoms with Crippen LogP contribution in [0, 0.1) is 0 Å². The molecule has 0 saturated heterocycles. The Morgan fingerprint density at radius 2 is 1.95 bits per heavy atom. The standard InChI is InChI=1S/C16H16N4O2/c17-4-6-20-13-10-15-14(21-7-8-22-15)9-12(13)19-16(20)11-3-1-2-5-18-11/h1-3,5,9-10H,4,6-8,17H2. The molecule has 0 spiro atoms. The van der Waals surface area contributed by atoms with Crippen LogP contribution in [0.2, 0.25) is 0 Å². The molecule has 4 rings (SSSR count). The molecular formula is C16H16N4O2. The summed E-state index contributed by atoms with van der Waals surface area (Å²) < 4.78 is 13.4. The molecule has 22 heavy (non-hydrogen) atoms. The van der Waals surface area contributed by atoms with E-state index >= 15 is 0 Å². The summed E-state index contributed by atoms with van der Waals surface area (Å²) in [6, 6.07) is 9.68. The molecule has 3 heterocycles. The van der Waals surface area contributed by atoms with Crippen molar-refractivity contribution < 1.29 is 9.47 Å². The van der Waals surface area contributed by atoms with Gasteiger partial charge in [0.2, 0.25) is 0 Å². The number of rotatable bonds is 3.